The van der Waals surface area contributed by atoms with Crippen molar-refractivity contribution in [3.05, 3.63) is 36.5 Å². The number of carbonyl (C=O) groups is 2. The molecule has 0 saturated carbocycles. The zero-order chi connectivity index (χ0) is 15.5. The number of urea groups is 1. The maximum absolute atomic E-state index is 12.3. The number of aromatic nitrogens is 1. The lowest BCUT2D eigenvalue weighted by molar-refractivity contribution is -0.119. The fraction of sp³-hybridized carbons (Fsp3) is 0.312. The smallest absolute Gasteiger partial charge is 0.321 e. The van der Waals surface area contributed by atoms with Crippen LogP contribution < -0.4 is 10.6 Å². The number of anilines is 1. The number of hydrogen-bond acceptors (Lipinski definition) is 3. The number of fused-ring (bicyclic) bond motifs is 1. The van der Waals surface area contributed by atoms with Crippen LogP contribution in [-0.2, 0) is 4.79 Å². The summed E-state index contributed by atoms with van der Waals surface area (Å²) in [6, 6.07) is 9.36. The van der Waals surface area contributed by atoms with Crippen LogP contribution in [0.4, 0.5) is 10.5 Å². The summed E-state index contributed by atoms with van der Waals surface area (Å²) in [6.07, 6.45) is 2.53. The monoisotopic (exact) mass is 298 g/mol. The Morgan fingerprint density at radius 3 is 3.00 bits per heavy atom. The van der Waals surface area contributed by atoms with Gasteiger partial charge in [-0.2, -0.15) is 0 Å². The Labute approximate surface area is 128 Å². The number of rotatable bonds is 2. The number of nitrogens with zero attached hydrogens (tertiary/aromatic N) is 2. The Kier molecular flexibility index (Phi) is 3.91. The summed E-state index contributed by atoms with van der Waals surface area (Å²) in [4.78, 5) is 29.3. The first-order chi connectivity index (χ1) is 10.6. The van der Waals surface area contributed by atoms with E-state index in [2.05, 4.69) is 15.6 Å². The van der Waals surface area contributed by atoms with E-state index in [1.165, 1.54) is 6.92 Å². The molecule has 6 nitrogen and oxygen atoms in total. The van der Waals surface area contributed by atoms with Crippen LogP contribution in [0.15, 0.2) is 36.5 Å². The molecule has 1 aromatic heterocycles. The summed E-state index contributed by atoms with van der Waals surface area (Å²) in [7, 11) is 0. The molecule has 0 bridgehead atoms. The topological polar surface area (TPSA) is 74.3 Å². The second kappa shape index (κ2) is 6.01. The van der Waals surface area contributed by atoms with Crippen molar-refractivity contribution in [3.8, 4) is 0 Å². The van der Waals surface area contributed by atoms with Crippen molar-refractivity contribution in [2.75, 3.05) is 18.4 Å². The third-order valence-electron chi connectivity index (χ3n) is 3.74. The Morgan fingerprint density at radius 1 is 1.32 bits per heavy atom. The average Bonchev–Trinajstić information content (AvgIpc) is 2.95. The van der Waals surface area contributed by atoms with Gasteiger partial charge in [-0.25, -0.2) is 4.79 Å². The van der Waals surface area contributed by atoms with E-state index in [-0.39, 0.29) is 18.0 Å². The van der Waals surface area contributed by atoms with Crippen LogP contribution in [0.2, 0.25) is 0 Å². The van der Waals surface area contributed by atoms with E-state index in [9.17, 15) is 9.59 Å². The molecule has 0 aliphatic carbocycles. The molecule has 3 amide bonds. The van der Waals surface area contributed by atoms with Gasteiger partial charge < -0.3 is 15.5 Å². The van der Waals surface area contributed by atoms with E-state index in [1.807, 2.05) is 30.3 Å². The molecule has 6 heteroatoms. The number of hydrogen-bond donors (Lipinski definition) is 2. The largest absolute Gasteiger partial charge is 0.352 e. The highest BCUT2D eigenvalue weighted by atomic mass is 16.2. The maximum Gasteiger partial charge on any atom is 0.321 e. The highest BCUT2D eigenvalue weighted by Crippen LogP contribution is 2.18. The molecule has 1 fully saturated rings. The van der Waals surface area contributed by atoms with Crippen LogP contribution in [-0.4, -0.2) is 41.0 Å². The van der Waals surface area contributed by atoms with Crippen LogP contribution in [0.5, 0.6) is 0 Å². The van der Waals surface area contributed by atoms with Crippen LogP contribution in [0.25, 0.3) is 10.9 Å². The van der Waals surface area contributed by atoms with Crippen LogP contribution in [0.3, 0.4) is 0 Å². The molecule has 22 heavy (non-hydrogen) atoms. The van der Waals surface area contributed by atoms with Gasteiger partial charge in [-0.05, 0) is 30.7 Å². The third-order valence-corrected chi connectivity index (χ3v) is 3.74. The Hall–Kier alpha value is -2.63. The summed E-state index contributed by atoms with van der Waals surface area (Å²) in [5.74, 6) is -0.0608. The van der Waals surface area contributed by atoms with E-state index in [0.29, 0.717) is 13.1 Å². The molecule has 1 atom stereocenters. The zero-order valence-electron chi connectivity index (χ0n) is 12.4. The second-order valence-electron chi connectivity index (χ2n) is 5.47. The molecule has 1 aliphatic heterocycles. The average molecular weight is 298 g/mol. The quantitative estimate of drug-likeness (QED) is 0.890. The summed E-state index contributed by atoms with van der Waals surface area (Å²) < 4.78 is 0. The SMILES string of the molecule is CC(=O)NC1CCN(C(=O)Nc2ccc3ncccc3c2)C1. The molecule has 2 aromatic rings. The van der Waals surface area contributed by atoms with E-state index in [4.69, 9.17) is 0 Å². The van der Waals surface area contributed by atoms with Gasteiger partial charge in [0.25, 0.3) is 0 Å². The molecular formula is C16H18N4O2. The fourth-order valence-electron chi connectivity index (χ4n) is 2.71. The van der Waals surface area contributed by atoms with E-state index < -0.39 is 0 Å². The standard InChI is InChI=1S/C16H18N4O2/c1-11(21)18-14-6-8-20(10-14)16(22)19-13-4-5-15-12(9-13)3-2-7-17-15/h2-5,7,9,14H,6,8,10H2,1H3,(H,18,21)(H,19,22). The Bertz CT molecular complexity index is 716. The molecule has 114 valence electrons. The molecule has 1 aromatic carbocycles. The van der Waals surface area contributed by atoms with Gasteiger partial charge in [-0.1, -0.05) is 6.07 Å². The second-order valence-corrected chi connectivity index (χ2v) is 5.47. The molecular weight excluding hydrogens is 280 g/mol. The van der Waals surface area contributed by atoms with Crippen molar-refractivity contribution in [2.24, 2.45) is 0 Å². The highest BCUT2D eigenvalue weighted by molar-refractivity contribution is 5.92. The predicted octanol–water partition coefficient (Wildman–Crippen LogP) is 1.98. The van der Waals surface area contributed by atoms with E-state index in [0.717, 1.165) is 23.0 Å². The van der Waals surface area contributed by atoms with Gasteiger partial charge >= 0.3 is 6.03 Å². The predicted molar refractivity (Wildman–Crippen MR) is 84.6 cm³/mol. The Morgan fingerprint density at radius 2 is 2.18 bits per heavy atom. The molecule has 1 aliphatic rings. The maximum atomic E-state index is 12.3. The van der Waals surface area contributed by atoms with Crippen molar-refractivity contribution < 1.29 is 9.59 Å². The summed E-state index contributed by atoms with van der Waals surface area (Å²) in [5.41, 5.74) is 1.64. The van der Waals surface area contributed by atoms with Crippen LogP contribution in [0, 0.1) is 0 Å². The van der Waals surface area contributed by atoms with E-state index in [1.54, 1.807) is 11.1 Å². The summed E-state index contributed by atoms with van der Waals surface area (Å²) in [5, 5.41) is 6.73. The van der Waals surface area contributed by atoms with Crippen LogP contribution in [0.1, 0.15) is 13.3 Å². The fourth-order valence-corrected chi connectivity index (χ4v) is 2.71. The minimum absolute atomic E-state index is 0.0454. The van der Waals surface area contributed by atoms with Gasteiger partial charge in [-0.3, -0.25) is 9.78 Å². The first kappa shape index (κ1) is 14.3. The van der Waals surface area contributed by atoms with Gasteiger partial charge in [0.1, 0.15) is 0 Å². The molecule has 0 spiro atoms. The summed E-state index contributed by atoms with van der Waals surface area (Å²) >= 11 is 0. The van der Waals surface area contributed by atoms with Crippen molar-refractivity contribution >= 4 is 28.5 Å². The first-order valence-electron chi connectivity index (χ1n) is 7.29. The minimum atomic E-state index is -0.143. The van der Waals surface area contributed by atoms with Gasteiger partial charge in [0.15, 0.2) is 0 Å². The lowest BCUT2D eigenvalue weighted by atomic mass is 10.2. The lowest BCUT2D eigenvalue weighted by Gasteiger charge is -2.17. The first-order valence-corrected chi connectivity index (χ1v) is 7.29. The number of nitrogens with one attached hydrogen (secondary N) is 2. The highest BCUT2D eigenvalue weighted by Gasteiger charge is 2.26. The molecule has 2 heterocycles. The number of carbonyl (C=O) groups excluding carboxylic acids is 2. The zero-order valence-corrected chi connectivity index (χ0v) is 12.4. The number of amides is 3. The van der Waals surface area contributed by atoms with Crippen molar-refractivity contribution in [2.45, 2.75) is 19.4 Å². The van der Waals surface area contributed by atoms with Gasteiger partial charge in [0, 0.05) is 43.3 Å². The Balaban J connectivity index is 1.64. The lowest BCUT2D eigenvalue weighted by Crippen LogP contribution is -2.38. The molecule has 0 radical (unpaired) electrons. The summed E-state index contributed by atoms with van der Waals surface area (Å²) in [6.45, 7) is 2.68. The number of likely N-dealkylation sites (tertiary alicyclic amines) is 1. The van der Waals surface area contributed by atoms with E-state index >= 15 is 0 Å². The van der Waals surface area contributed by atoms with Gasteiger partial charge in [-0.15, -0.1) is 0 Å². The van der Waals surface area contributed by atoms with Crippen molar-refractivity contribution in [1.29, 1.82) is 0 Å². The van der Waals surface area contributed by atoms with Gasteiger partial charge in [0.2, 0.25) is 5.91 Å². The normalized spacial score (nSPS) is 17.5. The molecule has 2 N–H and O–H groups in total. The van der Waals surface area contributed by atoms with Crippen molar-refractivity contribution in [1.82, 2.24) is 15.2 Å². The molecule has 3 rings (SSSR count). The minimum Gasteiger partial charge on any atom is -0.352 e. The molecule has 1 saturated heterocycles. The number of pyridine rings is 1. The molecule has 1 unspecified atom stereocenters. The van der Waals surface area contributed by atoms with Crippen molar-refractivity contribution in [3.63, 3.8) is 0 Å². The third kappa shape index (κ3) is 3.16. The number of benzene rings is 1. The van der Waals surface area contributed by atoms with Gasteiger partial charge in [0.05, 0.1) is 5.52 Å². The van der Waals surface area contributed by atoms with Crippen LogP contribution >= 0.6 is 0 Å².